The van der Waals surface area contributed by atoms with Gasteiger partial charge in [-0.2, -0.15) is 0 Å². The molecule has 1 unspecified atom stereocenters. The second-order valence-electron chi connectivity index (χ2n) is 1.95. The largest absolute Gasteiger partial charge is 0.396 e. The summed E-state index contributed by atoms with van der Waals surface area (Å²) >= 11 is 0. The average molecular weight is 173 g/mol. The number of hydrogen-bond acceptors (Lipinski definition) is 2. The van der Waals surface area contributed by atoms with E-state index in [0.717, 1.165) is 6.42 Å². The smallest absolute Gasteiger partial charge is 0.0486 e. The third-order valence-electron chi connectivity index (χ3n) is 0.859. The number of aliphatic imine (C=N–C) groups is 1. The van der Waals surface area contributed by atoms with Gasteiger partial charge in [-0.15, -0.1) is 6.58 Å². The van der Waals surface area contributed by atoms with E-state index in [2.05, 4.69) is 18.3 Å². The summed E-state index contributed by atoms with van der Waals surface area (Å²) in [5, 5.41) is 8.28. The number of hydrogen-bond donors (Lipinski definition) is 1. The van der Waals surface area contributed by atoms with E-state index in [0.29, 0.717) is 0 Å². The molecule has 0 heterocycles. The van der Waals surface area contributed by atoms with Gasteiger partial charge in [-0.3, -0.25) is 4.99 Å². The maximum atomic E-state index is 8.28. The lowest BCUT2D eigenvalue weighted by atomic mass is 10.3. The third-order valence-corrected chi connectivity index (χ3v) is 0.859. The Bertz CT molecular complexity index is 81.9. The van der Waals surface area contributed by atoms with E-state index >= 15 is 0 Å². The number of rotatable bonds is 3. The standard InChI is InChI=1S/C5H11NO.C3H6.C2H6/c1-5(6-2)3-4-7;1-3-2;1-2/h5,7H,2-4H2,1H3;3H,1H2,2H3;1-2H3. The number of allylic oxidation sites excluding steroid dienone is 1. The first-order valence-electron chi connectivity index (χ1n) is 4.36. The van der Waals surface area contributed by atoms with Gasteiger partial charge in [0.15, 0.2) is 0 Å². The maximum absolute atomic E-state index is 8.28. The van der Waals surface area contributed by atoms with Gasteiger partial charge in [0.05, 0.1) is 0 Å². The van der Waals surface area contributed by atoms with Crippen LogP contribution >= 0.6 is 0 Å². The summed E-state index contributed by atoms with van der Waals surface area (Å²) in [6.45, 7) is 14.7. The molecule has 2 nitrogen and oxygen atoms in total. The highest BCUT2D eigenvalue weighted by molar-refractivity contribution is 5.23. The van der Waals surface area contributed by atoms with Crippen molar-refractivity contribution in [3.05, 3.63) is 12.7 Å². The zero-order valence-corrected chi connectivity index (χ0v) is 8.88. The highest BCUT2D eigenvalue weighted by Gasteiger charge is 1.91. The van der Waals surface area contributed by atoms with Gasteiger partial charge in [0, 0.05) is 12.6 Å². The molecular weight excluding hydrogens is 150 g/mol. The first-order valence-corrected chi connectivity index (χ1v) is 4.36. The molecule has 0 aliphatic heterocycles. The molecule has 0 aromatic carbocycles. The molecule has 0 saturated carbocycles. The summed E-state index contributed by atoms with van der Waals surface area (Å²) in [5.74, 6) is 0. The molecule has 1 N–H and O–H groups in total. The zero-order chi connectivity index (χ0) is 10.4. The fourth-order valence-electron chi connectivity index (χ4n) is 0.278. The van der Waals surface area contributed by atoms with Crippen LogP contribution in [0.4, 0.5) is 0 Å². The van der Waals surface area contributed by atoms with Crippen LogP contribution in [0.25, 0.3) is 0 Å². The zero-order valence-electron chi connectivity index (χ0n) is 8.88. The predicted molar refractivity (Wildman–Crippen MR) is 57.9 cm³/mol. The number of aliphatic hydroxyl groups excluding tert-OH is 1. The van der Waals surface area contributed by atoms with Crippen LogP contribution in [0.5, 0.6) is 0 Å². The Morgan fingerprint density at radius 3 is 1.92 bits per heavy atom. The first-order chi connectivity index (χ1) is 5.72. The maximum Gasteiger partial charge on any atom is 0.0486 e. The van der Waals surface area contributed by atoms with E-state index in [4.69, 9.17) is 5.11 Å². The molecule has 0 fully saturated rings. The van der Waals surface area contributed by atoms with Crippen molar-refractivity contribution >= 4 is 6.72 Å². The van der Waals surface area contributed by atoms with Crippen molar-refractivity contribution < 1.29 is 5.11 Å². The molecule has 0 bridgehead atoms. The van der Waals surface area contributed by atoms with Gasteiger partial charge in [0.2, 0.25) is 0 Å². The summed E-state index contributed by atoms with van der Waals surface area (Å²) in [6.07, 6.45) is 2.48. The number of nitrogens with zero attached hydrogens (tertiary/aromatic N) is 1. The van der Waals surface area contributed by atoms with Crippen LogP contribution in [0, 0.1) is 0 Å². The van der Waals surface area contributed by atoms with Gasteiger partial charge in [0.25, 0.3) is 0 Å². The summed E-state index contributed by atoms with van der Waals surface area (Å²) in [5.41, 5.74) is 0. The lowest BCUT2D eigenvalue weighted by molar-refractivity contribution is 0.279. The van der Waals surface area contributed by atoms with Crippen molar-refractivity contribution in [2.75, 3.05) is 6.61 Å². The molecule has 0 rings (SSSR count). The second kappa shape index (κ2) is 22.4. The molecule has 0 aliphatic rings. The van der Waals surface area contributed by atoms with E-state index in [-0.39, 0.29) is 12.6 Å². The van der Waals surface area contributed by atoms with Crippen LogP contribution in [-0.4, -0.2) is 24.5 Å². The Balaban J connectivity index is -0.000000137. The van der Waals surface area contributed by atoms with Crippen LogP contribution in [0.15, 0.2) is 17.6 Å². The summed E-state index contributed by atoms with van der Waals surface area (Å²) in [4.78, 5) is 3.67. The quantitative estimate of drug-likeness (QED) is 0.516. The van der Waals surface area contributed by atoms with E-state index in [9.17, 15) is 0 Å². The molecule has 0 aromatic heterocycles. The third kappa shape index (κ3) is 34.4. The molecule has 0 aliphatic carbocycles. The summed E-state index contributed by atoms with van der Waals surface area (Å²) in [7, 11) is 0. The van der Waals surface area contributed by atoms with Crippen molar-refractivity contribution in [1.29, 1.82) is 0 Å². The Morgan fingerprint density at radius 2 is 1.83 bits per heavy atom. The van der Waals surface area contributed by atoms with Gasteiger partial charge in [-0.05, 0) is 27.0 Å². The van der Waals surface area contributed by atoms with Crippen LogP contribution < -0.4 is 0 Å². The van der Waals surface area contributed by atoms with Crippen LogP contribution in [0.2, 0.25) is 0 Å². The molecular formula is C10H23NO. The lowest BCUT2D eigenvalue weighted by Gasteiger charge is -1.97. The van der Waals surface area contributed by atoms with E-state index < -0.39 is 0 Å². The van der Waals surface area contributed by atoms with Crippen molar-refractivity contribution in [2.45, 2.75) is 40.2 Å². The van der Waals surface area contributed by atoms with Crippen LogP contribution in [-0.2, 0) is 0 Å². The molecule has 2 heteroatoms. The highest BCUT2D eigenvalue weighted by Crippen LogP contribution is 1.91. The predicted octanol–water partition coefficient (Wildman–Crippen LogP) is 2.68. The Labute approximate surface area is 77.0 Å². The van der Waals surface area contributed by atoms with E-state index in [1.807, 2.05) is 27.7 Å². The molecule has 0 spiro atoms. The van der Waals surface area contributed by atoms with Crippen molar-refractivity contribution in [2.24, 2.45) is 4.99 Å². The molecule has 0 aromatic rings. The minimum absolute atomic E-state index is 0.209. The topological polar surface area (TPSA) is 32.6 Å². The normalized spacial score (nSPS) is 9.42. The monoisotopic (exact) mass is 173 g/mol. The Hall–Kier alpha value is -0.630. The van der Waals surface area contributed by atoms with Gasteiger partial charge in [-0.25, -0.2) is 0 Å². The summed E-state index contributed by atoms with van der Waals surface area (Å²) in [6, 6.07) is 0.213. The minimum Gasteiger partial charge on any atom is -0.396 e. The van der Waals surface area contributed by atoms with Crippen molar-refractivity contribution in [1.82, 2.24) is 0 Å². The minimum atomic E-state index is 0.209. The average Bonchev–Trinajstić information content (AvgIpc) is 2.10. The molecule has 12 heavy (non-hydrogen) atoms. The van der Waals surface area contributed by atoms with Gasteiger partial charge in [-0.1, -0.05) is 19.9 Å². The molecule has 0 radical (unpaired) electrons. The lowest BCUT2D eigenvalue weighted by Crippen LogP contribution is -1.98. The fraction of sp³-hybridized carbons (Fsp3) is 0.700. The van der Waals surface area contributed by atoms with E-state index in [1.165, 1.54) is 0 Å². The molecule has 0 amide bonds. The van der Waals surface area contributed by atoms with E-state index in [1.54, 1.807) is 6.08 Å². The SMILES string of the molecule is C=CC.C=NC(C)CCO.CC. The van der Waals surface area contributed by atoms with Gasteiger partial charge >= 0.3 is 0 Å². The summed E-state index contributed by atoms with van der Waals surface area (Å²) < 4.78 is 0. The Morgan fingerprint density at radius 1 is 1.50 bits per heavy atom. The highest BCUT2D eigenvalue weighted by atomic mass is 16.3. The number of aliphatic hydroxyl groups is 1. The molecule has 74 valence electrons. The van der Waals surface area contributed by atoms with Crippen LogP contribution in [0.3, 0.4) is 0 Å². The molecule has 0 saturated heterocycles. The first kappa shape index (κ1) is 17.5. The Kier molecular flexibility index (Phi) is 32.6. The second-order valence-corrected chi connectivity index (χ2v) is 1.95. The van der Waals surface area contributed by atoms with Crippen LogP contribution in [0.1, 0.15) is 34.1 Å². The fourth-order valence-corrected chi connectivity index (χ4v) is 0.278. The van der Waals surface area contributed by atoms with Gasteiger partial charge in [0.1, 0.15) is 0 Å². The van der Waals surface area contributed by atoms with Crippen molar-refractivity contribution in [3.63, 3.8) is 0 Å². The van der Waals surface area contributed by atoms with Gasteiger partial charge < -0.3 is 5.11 Å². The molecule has 1 atom stereocenters. The van der Waals surface area contributed by atoms with Crippen molar-refractivity contribution in [3.8, 4) is 0 Å².